The molecule has 26 heavy (non-hydrogen) atoms. The van der Waals surface area contributed by atoms with Crippen molar-refractivity contribution in [2.45, 2.75) is 19.4 Å². The number of hydrogen-bond donors (Lipinski definition) is 1. The van der Waals surface area contributed by atoms with E-state index >= 15 is 0 Å². The number of nitrogens with one attached hydrogen (secondary N) is 1. The van der Waals surface area contributed by atoms with Crippen molar-refractivity contribution in [2.24, 2.45) is 0 Å². The minimum absolute atomic E-state index is 0.0954. The van der Waals surface area contributed by atoms with E-state index in [1.807, 2.05) is 42.5 Å². The van der Waals surface area contributed by atoms with Gasteiger partial charge in [-0.3, -0.25) is 9.59 Å². The molecule has 1 atom stereocenters. The van der Waals surface area contributed by atoms with Crippen LogP contribution in [0.3, 0.4) is 0 Å². The first kappa shape index (κ1) is 17.9. The van der Waals surface area contributed by atoms with E-state index in [4.69, 9.17) is 16.3 Å². The van der Waals surface area contributed by atoms with Crippen molar-refractivity contribution in [2.75, 3.05) is 5.32 Å². The largest absolute Gasteiger partial charge is 0.452 e. The van der Waals surface area contributed by atoms with Gasteiger partial charge < -0.3 is 10.1 Å². The Morgan fingerprint density at radius 3 is 2.65 bits per heavy atom. The lowest BCUT2D eigenvalue weighted by Crippen LogP contribution is -2.30. The fourth-order valence-corrected chi connectivity index (χ4v) is 2.68. The highest BCUT2D eigenvalue weighted by Crippen LogP contribution is 2.19. The molecule has 5 nitrogen and oxygen atoms in total. The number of carbonyl (C=O) groups is 2. The molecule has 2 aromatic carbocycles. The van der Waals surface area contributed by atoms with Gasteiger partial charge in [0, 0.05) is 6.20 Å². The minimum atomic E-state index is -0.935. The van der Waals surface area contributed by atoms with Crippen LogP contribution in [0.25, 0.3) is 10.8 Å². The molecule has 0 spiro atoms. The third-order valence-corrected chi connectivity index (χ3v) is 4.09. The summed E-state index contributed by atoms with van der Waals surface area (Å²) in [6.07, 6.45) is 0.585. The van der Waals surface area contributed by atoms with Crippen LogP contribution in [0.1, 0.15) is 12.5 Å². The molecule has 0 saturated carbocycles. The third-order valence-electron chi connectivity index (χ3n) is 3.87. The van der Waals surface area contributed by atoms with Crippen molar-refractivity contribution >= 4 is 40.1 Å². The van der Waals surface area contributed by atoms with Gasteiger partial charge in [-0.2, -0.15) is 0 Å². The van der Waals surface area contributed by atoms with E-state index in [9.17, 15) is 9.59 Å². The van der Waals surface area contributed by atoms with Crippen LogP contribution in [0, 0.1) is 0 Å². The van der Waals surface area contributed by atoms with E-state index in [0.717, 1.165) is 16.3 Å². The van der Waals surface area contributed by atoms with Crippen LogP contribution in [0.15, 0.2) is 60.8 Å². The van der Waals surface area contributed by atoms with Crippen LogP contribution in [0.2, 0.25) is 5.02 Å². The van der Waals surface area contributed by atoms with E-state index in [1.165, 1.54) is 13.1 Å². The highest BCUT2D eigenvalue weighted by atomic mass is 35.5. The Labute approximate surface area is 156 Å². The zero-order chi connectivity index (χ0) is 18.5. The molecule has 0 aliphatic rings. The molecule has 132 valence electrons. The Hall–Kier alpha value is -2.92. The second kappa shape index (κ2) is 7.97. The van der Waals surface area contributed by atoms with Crippen molar-refractivity contribution in [3.8, 4) is 0 Å². The molecule has 3 rings (SSSR count). The van der Waals surface area contributed by atoms with E-state index in [1.54, 1.807) is 12.1 Å². The van der Waals surface area contributed by atoms with E-state index in [0.29, 0.717) is 10.8 Å². The lowest BCUT2D eigenvalue weighted by molar-refractivity contribution is -0.152. The SMILES string of the molecule is C[C@@H](OC(=O)Cc1cccc2ccccc12)C(=O)Nc1ccc(Cl)cn1. The highest BCUT2D eigenvalue weighted by molar-refractivity contribution is 6.30. The number of carbonyl (C=O) groups excluding carboxylic acids is 2. The zero-order valence-electron chi connectivity index (χ0n) is 14.1. The summed E-state index contributed by atoms with van der Waals surface area (Å²) >= 11 is 5.75. The first-order valence-electron chi connectivity index (χ1n) is 8.11. The van der Waals surface area contributed by atoms with Gasteiger partial charge in [0.1, 0.15) is 5.82 Å². The molecule has 1 aromatic heterocycles. The summed E-state index contributed by atoms with van der Waals surface area (Å²) in [6, 6.07) is 16.8. The lowest BCUT2D eigenvalue weighted by atomic mass is 10.0. The summed E-state index contributed by atoms with van der Waals surface area (Å²) in [5.74, 6) is -0.574. The van der Waals surface area contributed by atoms with Crippen LogP contribution in [-0.2, 0) is 20.7 Å². The Kier molecular flexibility index (Phi) is 5.49. The lowest BCUT2D eigenvalue weighted by Gasteiger charge is -2.14. The molecule has 0 bridgehead atoms. The summed E-state index contributed by atoms with van der Waals surface area (Å²) in [4.78, 5) is 28.3. The second-order valence-electron chi connectivity index (χ2n) is 5.80. The molecule has 0 radical (unpaired) electrons. The minimum Gasteiger partial charge on any atom is -0.452 e. The number of aromatic nitrogens is 1. The number of amides is 1. The van der Waals surface area contributed by atoms with Crippen molar-refractivity contribution in [1.82, 2.24) is 4.98 Å². The number of halogens is 1. The van der Waals surface area contributed by atoms with Crippen LogP contribution in [-0.4, -0.2) is 23.0 Å². The number of rotatable bonds is 5. The maximum absolute atomic E-state index is 12.2. The number of ether oxygens (including phenoxy) is 1. The number of hydrogen-bond acceptors (Lipinski definition) is 4. The van der Waals surface area contributed by atoms with Gasteiger partial charge in [-0.1, -0.05) is 54.1 Å². The average Bonchev–Trinajstić information content (AvgIpc) is 2.64. The van der Waals surface area contributed by atoms with Gasteiger partial charge in [0.15, 0.2) is 6.10 Å². The number of anilines is 1. The summed E-state index contributed by atoms with van der Waals surface area (Å²) in [5, 5.41) is 5.10. The molecule has 0 aliphatic heterocycles. The second-order valence-corrected chi connectivity index (χ2v) is 6.23. The number of pyridine rings is 1. The molecule has 0 fully saturated rings. The molecule has 6 heteroatoms. The Morgan fingerprint density at radius 2 is 1.88 bits per heavy atom. The first-order chi connectivity index (χ1) is 12.5. The summed E-state index contributed by atoms with van der Waals surface area (Å²) in [5.41, 5.74) is 0.861. The molecule has 1 amide bonds. The predicted octanol–water partition coefficient (Wildman–Crippen LogP) is 4.00. The molecular formula is C20H17ClN2O3. The van der Waals surface area contributed by atoms with Gasteiger partial charge in [0.2, 0.25) is 0 Å². The number of benzene rings is 2. The molecule has 3 aromatic rings. The third kappa shape index (κ3) is 4.37. The molecule has 1 heterocycles. The average molecular weight is 369 g/mol. The molecule has 0 unspecified atom stereocenters. The molecular weight excluding hydrogens is 352 g/mol. The van der Waals surface area contributed by atoms with Crippen LogP contribution < -0.4 is 5.32 Å². The summed E-state index contributed by atoms with van der Waals surface area (Å²) < 4.78 is 5.26. The predicted molar refractivity (Wildman–Crippen MR) is 101 cm³/mol. The van der Waals surface area contributed by atoms with Crippen molar-refractivity contribution in [3.63, 3.8) is 0 Å². The molecule has 1 N–H and O–H groups in total. The summed E-state index contributed by atoms with van der Waals surface area (Å²) in [6.45, 7) is 1.52. The van der Waals surface area contributed by atoms with Crippen LogP contribution in [0.4, 0.5) is 5.82 Å². The van der Waals surface area contributed by atoms with Gasteiger partial charge in [-0.15, -0.1) is 0 Å². The Bertz CT molecular complexity index is 936. The van der Waals surface area contributed by atoms with Gasteiger partial charge >= 0.3 is 5.97 Å². The van der Waals surface area contributed by atoms with Crippen LogP contribution in [0.5, 0.6) is 0 Å². The van der Waals surface area contributed by atoms with Crippen molar-refractivity contribution < 1.29 is 14.3 Å². The highest BCUT2D eigenvalue weighted by Gasteiger charge is 2.19. The summed E-state index contributed by atoms with van der Waals surface area (Å²) in [7, 11) is 0. The molecule has 0 aliphatic carbocycles. The zero-order valence-corrected chi connectivity index (χ0v) is 14.9. The fourth-order valence-electron chi connectivity index (χ4n) is 2.57. The number of esters is 1. The van der Waals surface area contributed by atoms with Gasteiger partial charge in [0.05, 0.1) is 11.4 Å². The number of fused-ring (bicyclic) bond motifs is 1. The number of nitrogens with zero attached hydrogens (tertiary/aromatic N) is 1. The smallest absolute Gasteiger partial charge is 0.311 e. The Morgan fingerprint density at radius 1 is 1.12 bits per heavy atom. The quantitative estimate of drug-likeness (QED) is 0.691. The van der Waals surface area contributed by atoms with E-state index in [2.05, 4.69) is 10.3 Å². The van der Waals surface area contributed by atoms with E-state index in [-0.39, 0.29) is 6.42 Å². The van der Waals surface area contributed by atoms with Crippen LogP contribution >= 0.6 is 11.6 Å². The van der Waals surface area contributed by atoms with Crippen molar-refractivity contribution in [1.29, 1.82) is 0 Å². The topological polar surface area (TPSA) is 68.3 Å². The van der Waals surface area contributed by atoms with E-state index < -0.39 is 18.0 Å². The maximum Gasteiger partial charge on any atom is 0.311 e. The first-order valence-corrected chi connectivity index (χ1v) is 8.49. The standard InChI is InChI=1S/C20H17ClN2O3/c1-13(20(25)23-18-10-9-16(21)12-22-18)26-19(24)11-15-7-4-6-14-5-2-3-8-17(14)15/h2-10,12-13H,11H2,1H3,(H,22,23,25)/t13-/m1/s1. The maximum atomic E-state index is 12.2. The van der Waals surface area contributed by atoms with Crippen molar-refractivity contribution in [3.05, 3.63) is 71.4 Å². The monoisotopic (exact) mass is 368 g/mol. The van der Waals surface area contributed by atoms with Gasteiger partial charge in [-0.25, -0.2) is 4.98 Å². The fraction of sp³-hybridized carbons (Fsp3) is 0.150. The Balaban J connectivity index is 1.61. The van der Waals surface area contributed by atoms with Gasteiger partial charge in [0.25, 0.3) is 5.91 Å². The van der Waals surface area contributed by atoms with Gasteiger partial charge in [-0.05, 0) is 35.4 Å². The molecule has 0 saturated heterocycles. The normalized spacial score (nSPS) is 11.8.